The summed E-state index contributed by atoms with van der Waals surface area (Å²) >= 11 is 10.0. The lowest BCUT2D eigenvalue weighted by Gasteiger charge is -2.35. The minimum Gasteiger partial charge on any atom is -0.338 e. The monoisotopic (exact) mass is 473 g/mol. The van der Waals surface area contributed by atoms with E-state index in [9.17, 15) is 4.79 Å². The summed E-state index contributed by atoms with van der Waals surface area (Å²) in [6.07, 6.45) is 0. The number of carbonyl (C=O) groups excluding carboxylic acids is 1. The van der Waals surface area contributed by atoms with Gasteiger partial charge in [-0.2, -0.15) is 0 Å². The summed E-state index contributed by atoms with van der Waals surface area (Å²) in [6.45, 7) is 4.23. The summed E-state index contributed by atoms with van der Waals surface area (Å²) in [5.41, 5.74) is 8.25. The Hall–Kier alpha value is -2.22. The van der Waals surface area contributed by atoms with Gasteiger partial charge in [0.05, 0.1) is 17.3 Å². The van der Waals surface area contributed by atoms with E-state index in [0.29, 0.717) is 37.1 Å². The zero-order chi connectivity index (χ0) is 20.5. The van der Waals surface area contributed by atoms with E-state index in [-0.39, 0.29) is 5.91 Å². The van der Waals surface area contributed by atoms with Gasteiger partial charge in [-0.15, -0.1) is 0 Å². The quantitative estimate of drug-likeness (QED) is 0.626. The highest BCUT2D eigenvalue weighted by Gasteiger charge is 2.25. The smallest absolute Gasteiger partial charge is 0.239 e. The van der Waals surface area contributed by atoms with Gasteiger partial charge in [-0.3, -0.25) is 4.79 Å². The molecule has 0 radical (unpaired) electrons. The zero-order valence-corrected chi connectivity index (χ0v) is 18.3. The number of halogens is 2. The predicted octanol–water partition coefficient (Wildman–Crippen LogP) is 3.71. The molecule has 0 bridgehead atoms. The fraction of sp³-hybridized carbons (Fsp3) is 0.286. The number of hydrogen-bond acceptors (Lipinski definition) is 5. The van der Waals surface area contributed by atoms with Crippen molar-refractivity contribution in [1.82, 2.24) is 14.9 Å². The summed E-state index contributed by atoms with van der Waals surface area (Å²) in [4.78, 5) is 25.7. The van der Waals surface area contributed by atoms with Crippen LogP contribution in [0.3, 0.4) is 0 Å². The minimum absolute atomic E-state index is 0.0225. The second-order valence-corrected chi connectivity index (χ2v) is 8.44. The second kappa shape index (κ2) is 8.26. The van der Waals surface area contributed by atoms with E-state index in [1.807, 2.05) is 42.5 Å². The van der Waals surface area contributed by atoms with Crippen molar-refractivity contribution in [2.75, 3.05) is 31.1 Å². The Labute approximate surface area is 182 Å². The molecule has 8 heteroatoms. The van der Waals surface area contributed by atoms with Crippen molar-refractivity contribution in [3.63, 3.8) is 0 Å². The summed E-state index contributed by atoms with van der Waals surface area (Å²) in [7, 11) is 0. The number of aromatic nitrogens is 2. The molecule has 1 aliphatic rings. The number of benzene rings is 2. The van der Waals surface area contributed by atoms with E-state index in [1.54, 1.807) is 11.8 Å². The molecule has 4 rings (SSSR count). The molecule has 0 saturated carbocycles. The number of carbonyl (C=O) groups is 1. The fourth-order valence-electron chi connectivity index (χ4n) is 3.50. The fourth-order valence-corrected chi connectivity index (χ4v) is 4.09. The molecule has 2 N–H and O–H groups in total. The molecule has 1 atom stereocenters. The third-order valence-electron chi connectivity index (χ3n) is 5.04. The molecule has 1 unspecified atom stereocenters. The summed E-state index contributed by atoms with van der Waals surface area (Å²) in [5.74, 6) is 0.619. The molecule has 0 aliphatic carbocycles. The number of hydrogen-bond donors (Lipinski definition) is 1. The molecule has 2 heterocycles. The van der Waals surface area contributed by atoms with Crippen LogP contribution in [0, 0.1) is 0 Å². The van der Waals surface area contributed by atoms with E-state index in [1.165, 1.54) is 0 Å². The van der Waals surface area contributed by atoms with E-state index in [2.05, 4.69) is 20.8 Å². The maximum atomic E-state index is 12.2. The van der Waals surface area contributed by atoms with Crippen LogP contribution in [0.2, 0.25) is 5.02 Å². The Morgan fingerprint density at radius 1 is 1.14 bits per heavy atom. The summed E-state index contributed by atoms with van der Waals surface area (Å²) < 4.78 is 0.956. The second-order valence-electron chi connectivity index (χ2n) is 7.11. The van der Waals surface area contributed by atoms with Crippen molar-refractivity contribution in [1.29, 1.82) is 0 Å². The SMILES string of the molecule is CC(N)C(=O)N1CCN(c2nc(-c3ccccc3Cl)c3cc(Br)ccc3n2)CC1. The topological polar surface area (TPSA) is 75.4 Å². The van der Waals surface area contributed by atoms with Gasteiger partial charge in [0, 0.05) is 46.6 Å². The minimum atomic E-state index is -0.483. The molecule has 29 heavy (non-hydrogen) atoms. The molecule has 2 aromatic carbocycles. The third kappa shape index (κ3) is 4.08. The average Bonchev–Trinajstić information content (AvgIpc) is 2.73. The van der Waals surface area contributed by atoms with E-state index < -0.39 is 6.04 Å². The molecule has 1 aliphatic heterocycles. The van der Waals surface area contributed by atoms with Gasteiger partial charge >= 0.3 is 0 Å². The van der Waals surface area contributed by atoms with Crippen LogP contribution in [0.25, 0.3) is 22.2 Å². The van der Waals surface area contributed by atoms with Gasteiger partial charge in [0.15, 0.2) is 0 Å². The Kier molecular flexibility index (Phi) is 5.72. The largest absolute Gasteiger partial charge is 0.338 e. The van der Waals surface area contributed by atoms with Crippen molar-refractivity contribution < 1.29 is 4.79 Å². The summed E-state index contributed by atoms with van der Waals surface area (Å²) in [6, 6.07) is 13.1. The number of nitrogens with zero attached hydrogens (tertiary/aromatic N) is 4. The van der Waals surface area contributed by atoms with Gasteiger partial charge < -0.3 is 15.5 Å². The molecule has 1 amide bonds. The maximum absolute atomic E-state index is 12.2. The lowest BCUT2D eigenvalue weighted by Crippen LogP contribution is -2.52. The zero-order valence-electron chi connectivity index (χ0n) is 16.0. The van der Waals surface area contributed by atoms with Crippen LogP contribution in [0.1, 0.15) is 6.92 Å². The standard InChI is InChI=1S/C21H21BrClN5O/c1-13(24)20(29)27-8-10-28(11-9-27)21-25-18-7-6-14(22)12-16(18)19(26-21)15-4-2-3-5-17(15)23/h2-7,12-13H,8-11,24H2,1H3. The van der Waals surface area contributed by atoms with Crippen LogP contribution >= 0.6 is 27.5 Å². The third-order valence-corrected chi connectivity index (χ3v) is 5.86. The number of rotatable bonds is 3. The number of fused-ring (bicyclic) bond motifs is 1. The molecule has 6 nitrogen and oxygen atoms in total. The Morgan fingerprint density at radius 3 is 2.55 bits per heavy atom. The van der Waals surface area contributed by atoms with Crippen LogP contribution in [-0.2, 0) is 4.79 Å². The number of amides is 1. The number of piperazine rings is 1. The normalized spacial score (nSPS) is 15.6. The number of nitrogens with two attached hydrogens (primary N) is 1. The first-order valence-corrected chi connectivity index (χ1v) is 10.6. The highest BCUT2D eigenvalue weighted by atomic mass is 79.9. The first kappa shape index (κ1) is 20.1. The van der Waals surface area contributed by atoms with Crippen molar-refractivity contribution in [3.8, 4) is 11.3 Å². The Morgan fingerprint density at radius 2 is 1.86 bits per heavy atom. The summed E-state index contributed by atoms with van der Waals surface area (Å²) in [5, 5.41) is 1.58. The van der Waals surface area contributed by atoms with Gasteiger partial charge in [-0.25, -0.2) is 9.97 Å². The van der Waals surface area contributed by atoms with Crippen molar-refractivity contribution in [2.45, 2.75) is 13.0 Å². The van der Waals surface area contributed by atoms with Crippen LogP contribution in [0.5, 0.6) is 0 Å². The van der Waals surface area contributed by atoms with Crippen LogP contribution in [-0.4, -0.2) is 53.0 Å². The molecule has 150 valence electrons. The van der Waals surface area contributed by atoms with Crippen LogP contribution in [0.4, 0.5) is 5.95 Å². The molecule has 1 aromatic heterocycles. The lowest BCUT2D eigenvalue weighted by molar-refractivity contribution is -0.132. The highest BCUT2D eigenvalue weighted by molar-refractivity contribution is 9.10. The lowest BCUT2D eigenvalue weighted by atomic mass is 10.1. The van der Waals surface area contributed by atoms with E-state index >= 15 is 0 Å². The van der Waals surface area contributed by atoms with Gasteiger partial charge in [0.1, 0.15) is 0 Å². The molecular formula is C21H21BrClN5O. The maximum Gasteiger partial charge on any atom is 0.239 e. The van der Waals surface area contributed by atoms with Gasteiger partial charge in [0.25, 0.3) is 0 Å². The van der Waals surface area contributed by atoms with Crippen molar-refractivity contribution >= 4 is 50.3 Å². The van der Waals surface area contributed by atoms with Crippen molar-refractivity contribution in [2.24, 2.45) is 5.73 Å². The first-order chi connectivity index (χ1) is 13.9. The van der Waals surface area contributed by atoms with Gasteiger partial charge in [0.2, 0.25) is 11.9 Å². The Bertz CT molecular complexity index is 1070. The van der Waals surface area contributed by atoms with Crippen LogP contribution in [0.15, 0.2) is 46.9 Å². The molecule has 1 fully saturated rings. The first-order valence-electron chi connectivity index (χ1n) is 9.45. The number of anilines is 1. The molecule has 0 spiro atoms. The van der Waals surface area contributed by atoms with Crippen molar-refractivity contribution in [3.05, 3.63) is 52.0 Å². The van der Waals surface area contributed by atoms with Gasteiger partial charge in [-0.05, 0) is 31.2 Å². The van der Waals surface area contributed by atoms with Gasteiger partial charge in [-0.1, -0.05) is 45.7 Å². The van der Waals surface area contributed by atoms with E-state index in [4.69, 9.17) is 27.3 Å². The predicted molar refractivity (Wildman–Crippen MR) is 120 cm³/mol. The molecule has 1 saturated heterocycles. The molecule has 3 aromatic rings. The van der Waals surface area contributed by atoms with E-state index in [0.717, 1.165) is 26.6 Å². The Balaban J connectivity index is 1.73. The highest BCUT2D eigenvalue weighted by Crippen LogP contribution is 2.34. The van der Waals surface area contributed by atoms with Crippen LogP contribution < -0.4 is 10.6 Å². The average molecular weight is 475 g/mol. The molecular weight excluding hydrogens is 454 g/mol.